The Labute approximate surface area is 155 Å². The number of hydrogen-bond acceptors (Lipinski definition) is 4. The van der Waals surface area contributed by atoms with E-state index in [0.29, 0.717) is 28.7 Å². The Morgan fingerprint density at radius 3 is 2.46 bits per heavy atom. The van der Waals surface area contributed by atoms with Gasteiger partial charge in [0.25, 0.3) is 5.56 Å². The van der Waals surface area contributed by atoms with E-state index in [4.69, 9.17) is 11.6 Å². The van der Waals surface area contributed by atoms with Gasteiger partial charge in [-0.3, -0.25) is 18.5 Å². The van der Waals surface area contributed by atoms with Gasteiger partial charge in [0.1, 0.15) is 0 Å². The normalized spacial score (nSPS) is 11.2. The zero-order valence-electron chi connectivity index (χ0n) is 15.1. The van der Waals surface area contributed by atoms with Crippen molar-refractivity contribution in [1.29, 1.82) is 0 Å². The third-order valence-electron chi connectivity index (χ3n) is 4.42. The van der Waals surface area contributed by atoms with E-state index in [9.17, 15) is 9.59 Å². The van der Waals surface area contributed by atoms with E-state index in [0.717, 1.165) is 29.5 Å². The Kier molecular flexibility index (Phi) is 5.18. The van der Waals surface area contributed by atoms with Crippen LogP contribution in [0, 0.1) is 0 Å². The highest BCUT2D eigenvalue weighted by molar-refractivity contribution is 6.30. The first-order chi connectivity index (χ1) is 12.4. The van der Waals surface area contributed by atoms with Crippen molar-refractivity contribution in [2.75, 3.05) is 11.9 Å². The van der Waals surface area contributed by atoms with E-state index < -0.39 is 5.69 Å². The number of halogens is 1. The van der Waals surface area contributed by atoms with E-state index in [1.54, 1.807) is 7.05 Å². The molecule has 3 aromatic rings. The molecule has 0 atom stereocenters. The molecule has 0 amide bonds. The van der Waals surface area contributed by atoms with Crippen LogP contribution in [0.15, 0.2) is 33.9 Å². The molecule has 0 fully saturated rings. The second-order valence-corrected chi connectivity index (χ2v) is 6.74. The average molecular weight is 376 g/mol. The zero-order valence-corrected chi connectivity index (χ0v) is 15.9. The zero-order chi connectivity index (χ0) is 18.8. The molecule has 0 spiro atoms. The summed E-state index contributed by atoms with van der Waals surface area (Å²) < 4.78 is 4.34. The fourth-order valence-electron chi connectivity index (χ4n) is 2.88. The minimum absolute atomic E-state index is 0.354. The van der Waals surface area contributed by atoms with Crippen LogP contribution in [-0.4, -0.2) is 25.2 Å². The topological polar surface area (TPSA) is 73.8 Å². The molecule has 7 nitrogen and oxygen atoms in total. The molecule has 0 aliphatic heterocycles. The van der Waals surface area contributed by atoms with Crippen LogP contribution in [0.2, 0.25) is 5.02 Å². The van der Waals surface area contributed by atoms with Crippen LogP contribution in [0.4, 0.5) is 5.95 Å². The van der Waals surface area contributed by atoms with Crippen molar-refractivity contribution in [2.24, 2.45) is 14.1 Å². The number of benzene rings is 1. The summed E-state index contributed by atoms with van der Waals surface area (Å²) in [4.78, 5) is 29.5. The van der Waals surface area contributed by atoms with Crippen molar-refractivity contribution in [3.63, 3.8) is 0 Å². The van der Waals surface area contributed by atoms with Crippen molar-refractivity contribution in [3.8, 4) is 0 Å². The molecule has 0 aliphatic rings. The van der Waals surface area contributed by atoms with E-state index in [1.165, 1.54) is 11.6 Å². The molecule has 0 radical (unpaired) electrons. The summed E-state index contributed by atoms with van der Waals surface area (Å²) in [5.74, 6) is 0.585. The molecule has 1 N–H and O–H groups in total. The van der Waals surface area contributed by atoms with Crippen LogP contribution in [0.25, 0.3) is 11.2 Å². The van der Waals surface area contributed by atoms with Crippen LogP contribution in [0.3, 0.4) is 0 Å². The number of nitrogens with one attached hydrogen (secondary N) is 1. The van der Waals surface area contributed by atoms with Gasteiger partial charge in [0.2, 0.25) is 5.95 Å². The van der Waals surface area contributed by atoms with Gasteiger partial charge < -0.3 is 5.32 Å². The Morgan fingerprint density at radius 1 is 1.12 bits per heavy atom. The predicted octanol–water partition coefficient (Wildman–Crippen LogP) is 2.35. The number of fused-ring (bicyclic) bond motifs is 1. The van der Waals surface area contributed by atoms with E-state index in [1.807, 2.05) is 28.8 Å². The van der Waals surface area contributed by atoms with Crippen molar-refractivity contribution >= 4 is 28.7 Å². The van der Waals surface area contributed by atoms with Crippen molar-refractivity contribution in [2.45, 2.75) is 26.3 Å². The molecule has 0 saturated heterocycles. The first-order valence-electron chi connectivity index (χ1n) is 8.58. The number of unbranched alkanes of at least 4 members (excludes halogenated alkanes) is 1. The molecule has 1 aromatic carbocycles. The Balaban J connectivity index is 2.19. The van der Waals surface area contributed by atoms with E-state index in [-0.39, 0.29) is 5.56 Å². The van der Waals surface area contributed by atoms with Crippen LogP contribution in [-0.2, 0) is 20.6 Å². The SMILES string of the molecule is CCCCNc1nc2c(c(=O)n(C)c(=O)n2C)n1Cc1ccc(Cl)cc1. The van der Waals surface area contributed by atoms with Crippen LogP contribution >= 0.6 is 11.6 Å². The number of aromatic nitrogens is 4. The molecule has 0 unspecified atom stereocenters. The maximum absolute atomic E-state index is 12.7. The number of rotatable bonds is 6. The minimum atomic E-state index is -0.390. The predicted molar refractivity (Wildman–Crippen MR) is 104 cm³/mol. The van der Waals surface area contributed by atoms with Crippen LogP contribution in [0.1, 0.15) is 25.3 Å². The molecule has 8 heteroatoms. The van der Waals surface area contributed by atoms with Gasteiger partial charge in [0, 0.05) is 25.7 Å². The van der Waals surface area contributed by atoms with Gasteiger partial charge in [-0.25, -0.2) is 4.79 Å². The van der Waals surface area contributed by atoms with Gasteiger partial charge in [0.05, 0.1) is 6.54 Å². The lowest BCUT2D eigenvalue weighted by Gasteiger charge is -2.11. The third-order valence-corrected chi connectivity index (χ3v) is 4.67. The summed E-state index contributed by atoms with van der Waals surface area (Å²) in [6.07, 6.45) is 2.03. The maximum atomic E-state index is 12.7. The van der Waals surface area contributed by atoms with Crippen LogP contribution < -0.4 is 16.6 Å². The fourth-order valence-corrected chi connectivity index (χ4v) is 3.01. The monoisotopic (exact) mass is 375 g/mol. The molecular weight excluding hydrogens is 354 g/mol. The number of aryl methyl sites for hydroxylation is 1. The number of anilines is 1. The largest absolute Gasteiger partial charge is 0.356 e. The lowest BCUT2D eigenvalue weighted by Crippen LogP contribution is -2.37. The fraction of sp³-hybridized carbons (Fsp3) is 0.389. The molecular formula is C18H22ClN5O2. The standard InChI is InChI=1S/C18H22ClN5O2/c1-4-5-10-20-17-21-15-14(16(25)23(3)18(26)22(15)2)24(17)11-12-6-8-13(19)9-7-12/h6-9H,4-5,10-11H2,1-3H3,(H,20,21). The summed E-state index contributed by atoms with van der Waals surface area (Å²) in [5.41, 5.74) is 1.03. The van der Waals surface area contributed by atoms with Gasteiger partial charge in [-0.15, -0.1) is 0 Å². The molecule has 26 heavy (non-hydrogen) atoms. The lowest BCUT2D eigenvalue weighted by molar-refractivity contribution is 0.702. The van der Waals surface area contributed by atoms with Crippen LogP contribution in [0.5, 0.6) is 0 Å². The molecule has 2 heterocycles. The minimum Gasteiger partial charge on any atom is -0.356 e. The highest BCUT2D eigenvalue weighted by atomic mass is 35.5. The first-order valence-corrected chi connectivity index (χ1v) is 8.96. The van der Waals surface area contributed by atoms with E-state index >= 15 is 0 Å². The molecule has 138 valence electrons. The first kappa shape index (κ1) is 18.3. The summed E-state index contributed by atoms with van der Waals surface area (Å²) in [7, 11) is 3.10. The summed E-state index contributed by atoms with van der Waals surface area (Å²) >= 11 is 5.97. The lowest BCUT2D eigenvalue weighted by atomic mass is 10.2. The highest BCUT2D eigenvalue weighted by Gasteiger charge is 2.19. The van der Waals surface area contributed by atoms with Gasteiger partial charge in [-0.05, 0) is 24.1 Å². The summed E-state index contributed by atoms with van der Waals surface area (Å²) in [5, 5.41) is 3.95. The Morgan fingerprint density at radius 2 is 1.81 bits per heavy atom. The average Bonchev–Trinajstić information content (AvgIpc) is 2.99. The molecule has 0 aliphatic carbocycles. The number of hydrogen-bond donors (Lipinski definition) is 1. The highest BCUT2D eigenvalue weighted by Crippen LogP contribution is 2.19. The van der Waals surface area contributed by atoms with Gasteiger partial charge in [-0.2, -0.15) is 4.98 Å². The smallest absolute Gasteiger partial charge is 0.332 e. The Bertz CT molecular complexity index is 1050. The van der Waals surface area contributed by atoms with E-state index in [2.05, 4.69) is 17.2 Å². The van der Waals surface area contributed by atoms with Crippen molar-refractivity contribution < 1.29 is 0 Å². The second kappa shape index (κ2) is 7.37. The number of nitrogens with zero attached hydrogens (tertiary/aromatic N) is 4. The maximum Gasteiger partial charge on any atom is 0.332 e. The van der Waals surface area contributed by atoms with Gasteiger partial charge >= 0.3 is 5.69 Å². The van der Waals surface area contributed by atoms with Gasteiger partial charge in [-0.1, -0.05) is 37.1 Å². The summed E-state index contributed by atoms with van der Waals surface area (Å²) in [6, 6.07) is 7.45. The number of imidazole rings is 1. The van der Waals surface area contributed by atoms with Crippen molar-refractivity contribution in [1.82, 2.24) is 18.7 Å². The molecule has 2 aromatic heterocycles. The van der Waals surface area contributed by atoms with Gasteiger partial charge in [0.15, 0.2) is 11.2 Å². The molecule has 3 rings (SSSR count). The summed E-state index contributed by atoms with van der Waals surface area (Å²) in [6.45, 7) is 3.31. The Hall–Kier alpha value is -2.54. The molecule has 0 saturated carbocycles. The second-order valence-electron chi connectivity index (χ2n) is 6.31. The third kappa shape index (κ3) is 3.26. The quantitative estimate of drug-likeness (QED) is 0.671. The molecule has 0 bridgehead atoms. The van der Waals surface area contributed by atoms with Crippen molar-refractivity contribution in [3.05, 3.63) is 55.7 Å².